The first-order valence-electron chi connectivity index (χ1n) is 8.79. The molecule has 0 unspecified atom stereocenters. The number of carbonyl (C=O) groups excluding carboxylic acids is 3. The number of amides is 3. The van der Waals surface area contributed by atoms with Gasteiger partial charge in [-0.25, -0.2) is 4.98 Å². The lowest BCUT2D eigenvalue weighted by Gasteiger charge is -2.13. The third-order valence-electron chi connectivity index (χ3n) is 4.54. The lowest BCUT2D eigenvalue weighted by Crippen LogP contribution is -2.32. The van der Waals surface area contributed by atoms with Crippen molar-refractivity contribution in [3.8, 4) is 10.6 Å². The zero-order valence-electron chi connectivity index (χ0n) is 15.1. The van der Waals surface area contributed by atoms with Crippen LogP contribution in [0.25, 0.3) is 10.6 Å². The van der Waals surface area contributed by atoms with Gasteiger partial charge in [0.15, 0.2) is 0 Å². The predicted molar refractivity (Wildman–Crippen MR) is 107 cm³/mol. The highest BCUT2D eigenvalue weighted by molar-refractivity contribution is 7.13. The van der Waals surface area contributed by atoms with E-state index >= 15 is 0 Å². The van der Waals surface area contributed by atoms with E-state index < -0.39 is 0 Å². The summed E-state index contributed by atoms with van der Waals surface area (Å²) in [5, 5.41) is 5.62. The lowest BCUT2D eigenvalue weighted by molar-refractivity contribution is -0.116. The molecule has 0 radical (unpaired) electrons. The number of carbonyl (C=O) groups is 3. The van der Waals surface area contributed by atoms with Crippen LogP contribution in [0.5, 0.6) is 0 Å². The Labute approximate surface area is 165 Å². The maximum absolute atomic E-state index is 12.4. The van der Waals surface area contributed by atoms with Crippen molar-refractivity contribution in [2.24, 2.45) is 0 Å². The quantitative estimate of drug-likeness (QED) is 0.672. The number of hydrogen-bond acceptors (Lipinski definition) is 5. The van der Waals surface area contributed by atoms with E-state index in [-0.39, 0.29) is 30.7 Å². The van der Waals surface area contributed by atoms with Crippen molar-refractivity contribution in [2.45, 2.75) is 13.3 Å². The third-order valence-corrected chi connectivity index (χ3v) is 5.36. The van der Waals surface area contributed by atoms with Gasteiger partial charge in [-0.15, -0.1) is 11.3 Å². The van der Waals surface area contributed by atoms with Crippen LogP contribution in [0.4, 0.5) is 5.69 Å². The number of nitrogens with zero attached hydrogens (tertiary/aromatic N) is 2. The molecule has 1 aliphatic heterocycles. The normalized spacial score (nSPS) is 13.0. The highest BCUT2D eigenvalue weighted by Crippen LogP contribution is 2.25. The minimum Gasteiger partial charge on any atom is -0.326 e. The van der Waals surface area contributed by atoms with Gasteiger partial charge in [0, 0.05) is 35.8 Å². The summed E-state index contributed by atoms with van der Waals surface area (Å²) < 4.78 is 0. The lowest BCUT2D eigenvalue weighted by atomic mass is 10.1. The Morgan fingerprint density at radius 2 is 1.82 bits per heavy atom. The van der Waals surface area contributed by atoms with Crippen LogP contribution in [-0.4, -0.2) is 34.2 Å². The van der Waals surface area contributed by atoms with Gasteiger partial charge >= 0.3 is 0 Å². The Kier molecular flexibility index (Phi) is 4.75. The van der Waals surface area contributed by atoms with Crippen molar-refractivity contribution in [2.75, 3.05) is 11.9 Å². The molecule has 1 aromatic heterocycles. The van der Waals surface area contributed by atoms with Crippen LogP contribution in [0.15, 0.2) is 54.0 Å². The number of aromatic nitrogens is 1. The van der Waals surface area contributed by atoms with Crippen LogP contribution in [0, 0.1) is 6.92 Å². The van der Waals surface area contributed by atoms with Crippen LogP contribution in [0.2, 0.25) is 0 Å². The summed E-state index contributed by atoms with van der Waals surface area (Å²) in [6.07, 6.45) is 1.79. The van der Waals surface area contributed by atoms with Crippen LogP contribution in [0.3, 0.4) is 0 Å². The molecule has 1 N–H and O–H groups in total. The maximum Gasteiger partial charge on any atom is 0.261 e. The molecule has 4 rings (SSSR count). The van der Waals surface area contributed by atoms with Gasteiger partial charge in [-0.05, 0) is 43.3 Å². The number of aryl methyl sites for hydroxylation is 1. The Morgan fingerprint density at radius 3 is 2.54 bits per heavy atom. The number of anilines is 1. The molecule has 0 fully saturated rings. The van der Waals surface area contributed by atoms with Gasteiger partial charge in [-0.3, -0.25) is 19.3 Å². The summed E-state index contributed by atoms with van der Waals surface area (Å²) in [5.74, 6) is -0.945. The second-order valence-corrected chi connectivity index (χ2v) is 7.42. The fraction of sp³-hybridized carbons (Fsp3) is 0.143. The van der Waals surface area contributed by atoms with E-state index in [0.29, 0.717) is 16.8 Å². The molecule has 2 heterocycles. The van der Waals surface area contributed by atoms with E-state index in [4.69, 9.17) is 0 Å². The molecule has 0 atom stereocenters. The first-order valence-corrected chi connectivity index (χ1v) is 9.67. The molecule has 0 aliphatic carbocycles. The second kappa shape index (κ2) is 7.36. The molecule has 0 saturated heterocycles. The number of rotatable bonds is 5. The minimum atomic E-state index is -0.347. The SMILES string of the molecule is Cc1ccc2c(c1)C(=O)N(CCC(=O)Nc1ccc(-c3nccs3)cc1)C2=O. The van der Waals surface area contributed by atoms with Gasteiger partial charge < -0.3 is 5.32 Å². The molecule has 6 nitrogen and oxygen atoms in total. The van der Waals surface area contributed by atoms with Crippen LogP contribution < -0.4 is 5.32 Å². The van der Waals surface area contributed by atoms with Crippen molar-refractivity contribution in [3.63, 3.8) is 0 Å². The Bertz CT molecular complexity index is 1060. The largest absolute Gasteiger partial charge is 0.326 e. The summed E-state index contributed by atoms with van der Waals surface area (Å²) in [6.45, 7) is 1.92. The fourth-order valence-corrected chi connectivity index (χ4v) is 3.75. The average molecular weight is 391 g/mol. The highest BCUT2D eigenvalue weighted by Gasteiger charge is 2.35. The molecule has 3 amide bonds. The molecular formula is C21H17N3O3S. The minimum absolute atomic E-state index is 0.0404. The van der Waals surface area contributed by atoms with Gasteiger partial charge in [0.2, 0.25) is 5.91 Å². The van der Waals surface area contributed by atoms with Gasteiger partial charge in [0.1, 0.15) is 5.01 Å². The zero-order chi connectivity index (χ0) is 19.7. The van der Waals surface area contributed by atoms with Crippen LogP contribution >= 0.6 is 11.3 Å². The van der Waals surface area contributed by atoms with E-state index in [1.165, 1.54) is 0 Å². The molecular weight excluding hydrogens is 374 g/mol. The number of benzene rings is 2. The molecule has 2 aromatic carbocycles. The summed E-state index contributed by atoms with van der Waals surface area (Å²) in [4.78, 5) is 42.5. The molecule has 1 aliphatic rings. The van der Waals surface area contributed by atoms with Crippen LogP contribution in [-0.2, 0) is 4.79 Å². The van der Waals surface area contributed by atoms with Gasteiger partial charge in [0.25, 0.3) is 11.8 Å². The summed E-state index contributed by atoms with van der Waals surface area (Å²) in [5.41, 5.74) is 3.36. The molecule has 140 valence electrons. The molecule has 7 heteroatoms. The number of thiazole rings is 1. The van der Waals surface area contributed by atoms with Crippen LogP contribution in [0.1, 0.15) is 32.7 Å². The molecule has 3 aromatic rings. The molecule has 28 heavy (non-hydrogen) atoms. The topological polar surface area (TPSA) is 79.4 Å². The first kappa shape index (κ1) is 18.1. The highest BCUT2D eigenvalue weighted by atomic mass is 32.1. The van der Waals surface area contributed by atoms with Crippen molar-refractivity contribution < 1.29 is 14.4 Å². The number of fused-ring (bicyclic) bond motifs is 1. The van der Waals surface area contributed by atoms with Gasteiger partial charge in [0.05, 0.1) is 11.1 Å². The molecule has 0 spiro atoms. The Hall–Kier alpha value is -3.32. The standard InChI is InChI=1S/C21H17N3O3S/c1-13-2-7-16-17(12-13)21(27)24(20(16)26)10-8-18(25)23-15-5-3-14(4-6-15)19-22-9-11-28-19/h2-7,9,11-12H,8,10H2,1H3,(H,23,25). The maximum atomic E-state index is 12.4. The summed E-state index contributed by atoms with van der Waals surface area (Å²) in [7, 11) is 0. The van der Waals surface area contributed by atoms with E-state index in [2.05, 4.69) is 10.3 Å². The molecule has 0 bridgehead atoms. The van der Waals surface area contributed by atoms with E-state index in [0.717, 1.165) is 21.0 Å². The monoisotopic (exact) mass is 391 g/mol. The van der Waals surface area contributed by atoms with Crippen molar-refractivity contribution in [1.29, 1.82) is 0 Å². The van der Waals surface area contributed by atoms with Crippen molar-refractivity contribution in [3.05, 3.63) is 70.7 Å². The van der Waals surface area contributed by atoms with Gasteiger partial charge in [-0.2, -0.15) is 0 Å². The first-order chi connectivity index (χ1) is 13.5. The predicted octanol–water partition coefficient (Wildman–Crippen LogP) is 3.74. The second-order valence-electron chi connectivity index (χ2n) is 6.52. The summed E-state index contributed by atoms with van der Waals surface area (Å²) in [6, 6.07) is 12.6. The average Bonchev–Trinajstić information content (AvgIpc) is 3.29. The van der Waals surface area contributed by atoms with Crippen molar-refractivity contribution in [1.82, 2.24) is 9.88 Å². The number of nitrogens with one attached hydrogen (secondary N) is 1. The zero-order valence-corrected chi connectivity index (χ0v) is 16.0. The van der Waals surface area contributed by atoms with Crippen molar-refractivity contribution >= 4 is 34.7 Å². The third kappa shape index (κ3) is 3.44. The van der Waals surface area contributed by atoms with Gasteiger partial charge in [-0.1, -0.05) is 11.6 Å². The Balaban J connectivity index is 1.36. The number of imide groups is 1. The smallest absolute Gasteiger partial charge is 0.261 e. The van der Waals surface area contributed by atoms with E-state index in [1.54, 1.807) is 47.9 Å². The summed E-state index contributed by atoms with van der Waals surface area (Å²) >= 11 is 1.55. The Morgan fingerprint density at radius 1 is 1.07 bits per heavy atom. The number of hydrogen-bond donors (Lipinski definition) is 1. The van der Waals surface area contributed by atoms with E-state index in [9.17, 15) is 14.4 Å². The van der Waals surface area contributed by atoms with E-state index in [1.807, 2.05) is 24.4 Å². The molecule has 0 saturated carbocycles. The fourth-order valence-electron chi connectivity index (χ4n) is 3.11.